The van der Waals surface area contributed by atoms with Crippen molar-refractivity contribution in [3.05, 3.63) is 23.5 Å². The fourth-order valence-electron chi connectivity index (χ4n) is 2.06. The monoisotopic (exact) mass is 252 g/mol. The maximum atomic E-state index is 5.26. The van der Waals surface area contributed by atoms with Crippen LogP contribution in [-0.2, 0) is 6.54 Å². The zero-order valence-corrected chi connectivity index (χ0v) is 11.3. The predicted molar refractivity (Wildman–Crippen MR) is 72.7 cm³/mol. The van der Waals surface area contributed by atoms with Crippen molar-refractivity contribution >= 4 is 11.8 Å². The van der Waals surface area contributed by atoms with E-state index in [9.17, 15) is 0 Å². The molecule has 3 nitrogen and oxygen atoms in total. The lowest BCUT2D eigenvalue weighted by molar-refractivity contribution is 0.412. The molecule has 0 radical (unpaired) electrons. The van der Waals surface area contributed by atoms with Gasteiger partial charge in [0.2, 0.25) is 0 Å². The molecule has 1 saturated heterocycles. The lowest BCUT2D eigenvalue weighted by atomic mass is 10.2. The smallest absolute Gasteiger partial charge is 0.122 e. The highest BCUT2D eigenvalue weighted by molar-refractivity contribution is 7.99. The van der Waals surface area contributed by atoms with Crippen LogP contribution in [0, 0.1) is 6.92 Å². The summed E-state index contributed by atoms with van der Waals surface area (Å²) in [7, 11) is 1.70. The molecular weight excluding hydrogens is 232 g/mol. The molecule has 4 heteroatoms. The first-order valence-corrected chi connectivity index (χ1v) is 7.26. The largest absolute Gasteiger partial charge is 0.497 e. The fraction of sp³-hybridized carbons (Fsp3) is 0.615. The van der Waals surface area contributed by atoms with Crippen LogP contribution in [0.3, 0.4) is 0 Å². The van der Waals surface area contributed by atoms with Crippen molar-refractivity contribution < 1.29 is 4.74 Å². The minimum atomic E-state index is 0.641. The highest BCUT2D eigenvalue weighted by Crippen LogP contribution is 2.18. The van der Waals surface area contributed by atoms with Crippen LogP contribution in [0.25, 0.3) is 0 Å². The van der Waals surface area contributed by atoms with Crippen LogP contribution in [0.2, 0.25) is 0 Å². The zero-order chi connectivity index (χ0) is 12.1. The molecule has 0 saturated carbocycles. The Bertz CT molecular complexity index is 364. The van der Waals surface area contributed by atoms with Gasteiger partial charge in [-0.25, -0.2) is 0 Å². The summed E-state index contributed by atoms with van der Waals surface area (Å²) in [6.45, 7) is 2.84. The van der Waals surface area contributed by atoms with E-state index in [0.29, 0.717) is 6.04 Å². The van der Waals surface area contributed by atoms with E-state index in [4.69, 9.17) is 4.74 Å². The van der Waals surface area contributed by atoms with Gasteiger partial charge in [0.1, 0.15) is 5.75 Å². The number of hydrogen-bond acceptors (Lipinski definition) is 4. The van der Waals surface area contributed by atoms with E-state index in [-0.39, 0.29) is 0 Å². The number of aryl methyl sites for hydroxylation is 1. The first kappa shape index (κ1) is 12.7. The lowest BCUT2D eigenvalue weighted by Gasteiger charge is -2.22. The van der Waals surface area contributed by atoms with E-state index >= 15 is 0 Å². The summed E-state index contributed by atoms with van der Waals surface area (Å²) >= 11 is 2.04. The van der Waals surface area contributed by atoms with E-state index in [1.165, 1.54) is 24.3 Å². The molecule has 1 N–H and O–H groups in total. The molecule has 1 aromatic rings. The van der Waals surface area contributed by atoms with Crippen molar-refractivity contribution in [2.24, 2.45) is 0 Å². The van der Waals surface area contributed by atoms with E-state index in [2.05, 4.69) is 10.3 Å². The van der Waals surface area contributed by atoms with Gasteiger partial charge in [-0.1, -0.05) is 0 Å². The predicted octanol–water partition coefficient (Wildman–Crippen LogP) is 2.38. The molecule has 1 aliphatic rings. The maximum Gasteiger partial charge on any atom is 0.122 e. The van der Waals surface area contributed by atoms with Crippen LogP contribution < -0.4 is 10.1 Å². The second-order valence-corrected chi connectivity index (χ2v) is 5.58. The number of nitrogens with one attached hydrogen (secondary N) is 1. The average Bonchev–Trinajstić information content (AvgIpc) is 2.37. The van der Waals surface area contributed by atoms with E-state index < -0.39 is 0 Å². The van der Waals surface area contributed by atoms with Gasteiger partial charge < -0.3 is 10.1 Å². The number of methoxy groups -OCH3 is 1. The molecule has 0 aromatic carbocycles. The highest BCUT2D eigenvalue weighted by atomic mass is 32.2. The minimum absolute atomic E-state index is 0.641. The van der Waals surface area contributed by atoms with E-state index in [1.54, 1.807) is 7.11 Å². The molecule has 0 aliphatic carbocycles. The third-order valence-electron chi connectivity index (χ3n) is 2.95. The average molecular weight is 252 g/mol. The van der Waals surface area contributed by atoms with E-state index in [0.717, 1.165) is 23.7 Å². The van der Waals surface area contributed by atoms with Crippen LogP contribution >= 0.6 is 11.8 Å². The Morgan fingerprint density at radius 1 is 1.53 bits per heavy atom. The standard InChI is InChI=1S/C13H20N2OS/c1-10-6-13(16-2)7-12(15-10)8-14-11-4-3-5-17-9-11/h6-7,11,14H,3-5,8-9H2,1-2H3. The number of hydrogen-bond donors (Lipinski definition) is 1. The SMILES string of the molecule is COc1cc(C)nc(CNC2CCCSC2)c1. The summed E-state index contributed by atoms with van der Waals surface area (Å²) in [5.41, 5.74) is 2.08. The number of pyridine rings is 1. The number of thioether (sulfide) groups is 1. The number of ether oxygens (including phenoxy) is 1. The molecule has 0 spiro atoms. The molecule has 2 rings (SSSR count). The Morgan fingerprint density at radius 2 is 2.41 bits per heavy atom. The molecule has 1 fully saturated rings. The molecule has 0 amide bonds. The third kappa shape index (κ3) is 3.89. The minimum Gasteiger partial charge on any atom is -0.497 e. The van der Waals surface area contributed by atoms with Crippen LogP contribution in [0.1, 0.15) is 24.2 Å². The summed E-state index contributed by atoms with van der Waals surface area (Å²) in [6, 6.07) is 4.61. The van der Waals surface area contributed by atoms with Crippen molar-refractivity contribution in [2.75, 3.05) is 18.6 Å². The first-order valence-electron chi connectivity index (χ1n) is 6.10. The Hall–Kier alpha value is -0.740. The first-order chi connectivity index (χ1) is 8.28. The molecule has 0 bridgehead atoms. The van der Waals surface area contributed by atoms with Crippen molar-refractivity contribution in [3.63, 3.8) is 0 Å². The number of rotatable bonds is 4. The summed E-state index contributed by atoms with van der Waals surface area (Å²) in [5, 5.41) is 3.58. The third-order valence-corrected chi connectivity index (χ3v) is 4.16. The Balaban J connectivity index is 1.91. The van der Waals surface area contributed by atoms with Gasteiger partial charge in [0.25, 0.3) is 0 Å². The van der Waals surface area contributed by atoms with Crippen LogP contribution in [0.15, 0.2) is 12.1 Å². The van der Waals surface area contributed by atoms with Crippen molar-refractivity contribution in [1.29, 1.82) is 0 Å². The van der Waals surface area contributed by atoms with Crippen LogP contribution in [0.5, 0.6) is 5.75 Å². The topological polar surface area (TPSA) is 34.1 Å². The van der Waals surface area contributed by atoms with Gasteiger partial charge in [0.05, 0.1) is 12.8 Å². The molecule has 2 heterocycles. The Kier molecular flexibility index (Phi) is 4.68. The second-order valence-electron chi connectivity index (χ2n) is 4.43. The summed E-state index contributed by atoms with van der Waals surface area (Å²) < 4.78 is 5.26. The molecule has 1 aromatic heterocycles. The van der Waals surface area contributed by atoms with Gasteiger partial charge in [-0.15, -0.1) is 0 Å². The normalized spacial score (nSPS) is 20.2. The van der Waals surface area contributed by atoms with Gasteiger partial charge in [-0.2, -0.15) is 11.8 Å². The van der Waals surface area contributed by atoms with Gasteiger partial charge in [0.15, 0.2) is 0 Å². The molecular formula is C13H20N2OS. The number of nitrogens with zero attached hydrogens (tertiary/aromatic N) is 1. The van der Waals surface area contributed by atoms with Crippen LogP contribution in [0.4, 0.5) is 0 Å². The highest BCUT2D eigenvalue weighted by Gasteiger charge is 2.13. The Morgan fingerprint density at radius 3 is 3.12 bits per heavy atom. The van der Waals surface area contributed by atoms with Crippen molar-refractivity contribution in [1.82, 2.24) is 10.3 Å². The second kappa shape index (κ2) is 6.26. The van der Waals surface area contributed by atoms with Crippen molar-refractivity contribution in [3.8, 4) is 5.75 Å². The molecule has 1 aliphatic heterocycles. The lowest BCUT2D eigenvalue weighted by Crippen LogP contribution is -2.33. The van der Waals surface area contributed by atoms with Gasteiger partial charge in [0, 0.05) is 36.2 Å². The molecule has 1 unspecified atom stereocenters. The van der Waals surface area contributed by atoms with E-state index in [1.807, 2.05) is 30.8 Å². The zero-order valence-electron chi connectivity index (χ0n) is 10.5. The summed E-state index contributed by atoms with van der Waals surface area (Å²) in [4.78, 5) is 4.52. The Labute approximate surface area is 107 Å². The fourth-order valence-corrected chi connectivity index (χ4v) is 3.17. The summed E-state index contributed by atoms with van der Waals surface area (Å²) in [5.74, 6) is 3.43. The van der Waals surface area contributed by atoms with Gasteiger partial charge >= 0.3 is 0 Å². The van der Waals surface area contributed by atoms with Crippen LogP contribution in [-0.4, -0.2) is 29.6 Å². The molecule has 1 atom stereocenters. The van der Waals surface area contributed by atoms with Gasteiger partial charge in [-0.3, -0.25) is 4.98 Å². The van der Waals surface area contributed by atoms with Crippen molar-refractivity contribution in [2.45, 2.75) is 32.4 Å². The maximum absolute atomic E-state index is 5.26. The molecule has 94 valence electrons. The van der Waals surface area contributed by atoms with Gasteiger partial charge in [-0.05, 0) is 25.5 Å². The quantitative estimate of drug-likeness (QED) is 0.892. The summed E-state index contributed by atoms with van der Waals surface area (Å²) in [6.07, 6.45) is 2.61. The number of aromatic nitrogens is 1. The molecule has 17 heavy (non-hydrogen) atoms.